The second-order valence-corrected chi connectivity index (χ2v) is 12.1. The number of carbonyl (C=O) groups excluding carboxylic acids is 4. The third kappa shape index (κ3) is 6.19. The van der Waals surface area contributed by atoms with Crippen LogP contribution in [0.3, 0.4) is 0 Å². The number of nitrogens with zero attached hydrogens (tertiary/aromatic N) is 3. The predicted octanol–water partition coefficient (Wildman–Crippen LogP) is 0.323. The minimum atomic E-state index is -3.54. The summed E-state index contributed by atoms with van der Waals surface area (Å²) in [7, 11) is 0.253. The number of sulfone groups is 1. The van der Waals surface area contributed by atoms with E-state index in [-0.39, 0.29) is 36.6 Å². The van der Waals surface area contributed by atoms with Gasteiger partial charge in [0.2, 0.25) is 11.8 Å². The molecule has 2 fully saturated rings. The molecule has 1 aromatic rings. The minimum Gasteiger partial charge on any atom is -0.378 e. The number of nitrogens with one attached hydrogen (secondary N) is 1. The van der Waals surface area contributed by atoms with E-state index in [1.54, 1.807) is 12.1 Å². The van der Waals surface area contributed by atoms with Crippen LogP contribution in [0.4, 0.5) is 5.69 Å². The summed E-state index contributed by atoms with van der Waals surface area (Å²) in [5, 5.41) is 2.83. The van der Waals surface area contributed by atoms with Crippen molar-refractivity contribution >= 4 is 39.0 Å². The summed E-state index contributed by atoms with van der Waals surface area (Å²) in [6.07, 6.45) is 1.74. The molecule has 2 saturated heterocycles. The van der Waals surface area contributed by atoms with Gasteiger partial charge in [-0.05, 0) is 43.0 Å². The van der Waals surface area contributed by atoms with Gasteiger partial charge in [0, 0.05) is 38.1 Å². The number of anilines is 1. The Hall–Kier alpha value is -2.95. The van der Waals surface area contributed by atoms with Crippen LogP contribution in [-0.2, 0) is 24.2 Å². The van der Waals surface area contributed by atoms with Crippen LogP contribution in [0.25, 0.3) is 0 Å². The molecule has 11 heteroatoms. The first-order valence-electron chi connectivity index (χ1n) is 11.7. The Morgan fingerprint density at radius 2 is 1.74 bits per heavy atom. The number of benzene rings is 1. The molecule has 1 aromatic carbocycles. The Morgan fingerprint density at radius 3 is 2.29 bits per heavy atom. The van der Waals surface area contributed by atoms with Gasteiger partial charge in [0.25, 0.3) is 5.91 Å². The first-order valence-corrected chi connectivity index (χ1v) is 13.7. The molecule has 0 aliphatic carbocycles. The highest BCUT2D eigenvalue weighted by Crippen LogP contribution is 2.31. The lowest BCUT2D eigenvalue weighted by Crippen LogP contribution is -2.53. The van der Waals surface area contributed by atoms with Crippen LogP contribution in [0.15, 0.2) is 24.3 Å². The molecule has 0 radical (unpaired) electrons. The Morgan fingerprint density at radius 1 is 1.11 bits per heavy atom. The maximum atomic E-state index is 13.5. The highest BCUT2D eigenvalue weighted by molar-refractivity contribution is 7.91. The molecule has 0 unspecified atom stereocenters. The van der Waals surface area contributed by atoms with E-state index < -0.39 is 39.6 Å². The van der Waals surface area contributed by atoms with Gasteiger partial charge in [-0.1, -0.05) is 13.8 Å². The molecule has 0 spiro atoms. The molecule has 10 nitrogen and oxygen atoms in total. The van der Waals surface area contributed by atoms with Crippen LogP contribution in [0, 0.1) is 5.92 Å². The SMILES string of the molecule is CC(C)C[C@H](NC(=O)c1ccc(N(C)C)cc1)C(=O)N1CC[C@@H]2[C@H]1C(=O)CN2C(=O)CS(C)(=O)=O. The fourth-order valence-electron chi connectivity index (χ4n) is 4.74. The standard InChI is InChI=1S/C24H34N4O6S/c1-15(2)12-18(25-23(31)16-6-8-17(9-7-16)26(3)4)24(32)27-11-10-19-22(27)20(29)13-28(19)21(30)14-35(5,33)34/h6-9,15,18-19,22H,10-14H2,1-5H3,(H,25,31)/t18-,19+,22-/m0/s1. The van der Waals surface area contributed by atoms with Crippen molar-refractivity contribution in [2.75, 3.05) is 44.1 Å². The molecule has 3 atom stereocenters. The Kier molecular flexibility index (Phi) is 7.88. The number of hydrogen-bond donors (Lipinski definition) is 1. The summed E-state index contributed by atoms with van der Waals surface area (Å²) < 4.78 is 23.1. The van der Waals surface area contributed by atoms with E-state index in [4.69, 9.17) is 0 Å². The number of hydrogen-bond acceptors (Lipinski definition) is 7. The summed E-state index contributed by atoms with van der Waals surface area (Å²) in [6.45, 7) is 3.92. The van der Waals surface area contributed by atoms with Crippen molar-refractivity contribution in [3.63, 3.8) is 0 Å². The maximum Gasteiger partial charge on any atom is 0.251 e. The van der Waals surface area contributed by atoms with Crippen molar-refractivity contribution in [1.82, 2.24) is 15.1 Å². The van der Waals surface area contributed by atoms with Crippen molar-refractivity contribution in [3.05, 3.63) is 29.8 Å². The van der Waals surface area contributed by atoms with E-state index >= 15 is 0 Å². The van der Waals surface area contributed by atoms with Gasteiger partial charge in [0.1, 0.15) is 17.8 Å². The topological polar surface area (TPSA) is 124 Å². The zero-order chi connectivity index (χ0) is 26.1. The molecule has 2 aliphatic rings. The van der Waals surface area contributed by atoms with Crippen molar-refractivity contribution in [2.45, 2.75) is 44.8 Å². The molecule has 3 amide bonds. The van der Waals surface area contributed by atoms with Gasteiger partial charge < -0.3 is 20.0 Å². The normalized spacial score (nSPS) is 20.7. The molecule has 2 aliphatic heterocycles. The molecule has 0 saturated carbocycles. The summed E-state index contributed by atoms with van der Waals surface area (Å²) >= 11 is 0. The van der Waals surface area contributed by atoms with Crippen LogP contribution < -0.4 is 10.2 Å². The van der Waals surface area contributed by atoms with Gasteiger partial charge in [-0.2, -0.15) is 0 Å². The van der Waals surface area contributed by atoms with Crippen LogP contribution in [0.1, 0.15) is 37.0 Å². The summed E-state index contributed by atoms with van der Waals surface area (Å²) in [6, 6.07) is 4.82. The third-order valence-electron chi connectivity index (χ3n) is 6.37. The minimum absolute atomic E-state index is 0.103. The second-order valence-electron chi connectivity index (χ2n) is 9.99. The molecule has 0 bridgehead atoms. The fourth-order valence-corrected chi connectivity index (χ4v) is 5.36. The number of Topliss-reactive ketones (excluding diaryl/α,β-unsaturated/α-hetero) is 1. The molecule has 0 aromatic heterocycles. The van der Waals surface area contributed by atoms with Gasteiger partial charge in [-0.3, -0.25) is 19.2 Å². The molecular formula is C24H34N4O6S. The highest BCUT2D eigenvalue weighted by Gasteiger charge is 2.52. The number of fused-ring (bicyclic) bond motifs is 1. The van der Waals surface area contributed by atoms with Gasteiger partial charge in [0.15, 0.2) is 15.6 Å². The van der Waals surface area contributed by atoms with Gasteiger partial charge in [-0.25, -0.2) is 8.42 Å². The van der Waals surface area contributed by atoms with E-state index in [1.807, 2.05) is 45.0 Å². The lowest BCUT2D eigenvalue weighted by atomic mass is 10.0. The second kappa shape index (κ2) is 10.3. The monoisotopic (exact) mass is 506 g/mol. The van der Waals surface area contributed by atoms with Crippen LogP contribution in [-0.4, -0.2) is 99.0 Å². The number of rotatable bonds is 8. The summed E-state index contributed by atoms with van der Waals surface area (Å²) in [5.41, 5.74) is 1.36. The Labute approximate surface area is 206 Å². The van der Waals surface area contributed by atoms with E-state index in [0.717, 1.165) is 11.9 Å². The van der Waals surface area contributed by atoms with Crippen molar-refractivity contribution in [1.29, 1.82) is 0 Å². The number of likely N-dealkylation sites (tertiary alicyclic amines) is 2. The van der Waals surface area contributed by atoms with Gasteiger partial charge >= 0.3 is 0 Å². The predicted molar refractivity (Wildman–Crippen MR) is 132 cm³/mol. The van der Waals surface area contributed by atoms with Crippen LogP contribution in [0.2, 0.25) is 0 Å². The smallest absolute Gasteiger partial charge is 0.251 e. The quantitative estimate of drug-likeness (QED) is 0.539. The van der Waals surface area contributed by atoms with E-state index in [9.17, 15) is 27.6 Å². The Balaban J connectivity index is 1.76. The molecular weight excluding hydrogens is 472 g/mol. The van der Waals surface area contributed by atoms with Crippen LogP contribution >= 0.6 is 0 Å². The average molecular weight is 507 g/mol. The third-order valence-corrected chi connectivity index (χ3v) is 7.14. The fraction of sp³-hybridized carbons (Fsp3) is 0.583. The van der Waals surface area contributed by atoms with Crippen molar-refractivity contribution in [3.8, 4) is 0 Å². The zero-order valence-corrected chi connectivity index (χ0v) is 21.7. The molecule has 3 rings (SSSR count). The summed E-state index contributed by atoms with van der Waals surface area (Å²) in [5.74, 6) is -2.24. The first-order chi connectivity index (χ1) is 16.3. The van der Waals surface area contributed by atoms with E-state index in [1.165, 1.54) is 9.80 Å². The highest BCUT2D eigenvalue weighted by atomic mass is 32.2. The summed E-state index contributed by atoms with van der Waals surface area (Å²) in [4.78, 5) is 56.4. The molecule has 2 heterocycles. The number of carbonyl (C=O) groups is 4. The molecule has 1 N–H and O–H groups in total. The van der Waals surface area contributed by atoms with E-state index in [2.05, 4.69) is 5.32 Å². The van der Waals surface area contributed by atoms with Crippen molar-refractivity contribution < 1.29 is 27.6 Å². The maximum absolute atomic E-state index is 13.5. The average Bonchev–Trinajstić information content (AvgIpc) is 3.32. The van der Waals surface area contributed by atoms with Crippen molar-refractivity contribution in [2.24, 2.45) is 5.92 Å². The number of ketones is 1. The molecule has 192 valence electrons. The lowest BCUT2D eigenvalue weighted by Gasteiger charge is -2.29. The zero-order valence-electron chi connectivity index (χ0n) is 20.9. The number of amides is 3. The largest absolute Gasteiger partial charge is 0.378 e. The van der Waals surface area contributed by atoms with Gasteiger partial charge in [0.05, 0.1) is 12.6 Å². The first kappa shape index (κ1) is 26.7. The van der Waals surface area contributed by atoms with Crippen LogP contribution in [0.5, 0.6) is 0 Å². The molecule has 35 heavy (non-hydrogen) atoms. The van der Waals surface area contributed by atoms with E-state index in [0.29, 0.717) is 18.4 Å². The Bertz CT molecular complexity index is 1100. The van der Waals surface area contributed by atoms with Gasteiger partial charge in [-0.15, -0.1) is 0 Å². The lowest BCUT2D eigenvalue weighted by molar-refractivity contribution is -0.138.